The first-order chi connectivity index (χ1) is 8.09. The lowest BCUT2D eigenvalue weighted by Gasteiger charge is -2.28. The Balaban J connectivity index is 2.18. The molecule has 1 heterocycles. The van der Waals surface area contributed by atoms with Gasteiger partial charge < -0.3 is 15.2 Å². The molecule has 1 amide bonds. The molecule has 0 aromatic heterocycles. The smallest absolute Gasteiger partial charge is 0.313 e. The second-order valence-electron chi connectivity index (χ2n) is 4.19. The second kappa shape index (κ2) is 7.55. The average molecular weight is 261 g/mol. The summed E-state index contributed by atoms with van der Waals surface area (Å²) in [6.07, 6.45) is 1.95. The Morgan fingerprint density at radius 2 is 2.06 bits per heavy atom. The summed E-state index contributed by atoms with van der Waals surface area (Å²) < 4.78 is 5.26. The van der Waals surface area contributed by atoms with Crippen LogP contribution in [0.4, 0.5) is 0 Å². The van der Waals surface area contributed by atoms with Gasteiger partial charge in [0.15, 0.2) is 0 Å². The highest BCUT2D eigenvalue weighted by atomic mass is 32.2. The molecule has 1 aliphatic rings. The van der Waals surface area contributed by atoms with Crippen LogP contribution in [0.5, 0.6) is 0 Å². The zero-order valence-corrected chi connectivity index (χ0v) is 10.8. The van der Waals surface area contributed by atoms with E-state index in [1.165, 1.54) is 0 Å². The summed E-state index contributed by atoms with van der Waals surface area (Å²) in [5, 5.41) is 11.4. The SMILES string of the molecule is CC(NC(=O)CSCC(=O)O)C1CCOCC1. The van der Waals surface area contributed by atoms with E-state index in [0.29, 0.717) is 5.92 Å². The molecule has 0 aromatic carbocycles. The Morgan fingerprint density at radius 1 is 1.41 bits per heavy atom. The third-order valence-corrected chi connectivity index (χ3v) is 3.74. The number of hydrogen-bond acceptors (Lipinski definition) is 4. The zero-order chi connectivity index (χ0) is 12.7. The molecule has 98 valence electrons. The zero-order valence-electron chi connectivity index (χ0n) is 9.98. The van der Waals surface area contributed by atoms with Crippen molar-refractivity contribution in [2.24, 2.45) is 5.92 Å². The summed E-state index contributed by atoms with van der Waals surface area (Å²) in [6, 6.07) is 0.136. The van der Waals surface area contributed by atoms with Gasteiger partial charge in [-0.1, -0.05) is 0 Å². The van der Waals surface area contributed by atoms with Gasteiger partial charge in [0.1, 0.15) is 0 Å². The van der Waals surface area contributed by atoms with Gasteiger partial charge in [-0.2, -0.15) is 0 Å². The average Bonchev–Trinajstić information content (AvgIpc) is 2.29. The number of carboxylic acid groups (broad SMARTS) is 1. The normalized spacial score (nSPS) is 18.6. The molecule has 1 fully saturated rings. The predicted octanol–water partition coefficient (Wildman–Crippen LogP) is 0.735. The third-order valence-electron chi connectivity index (χ3n) is 2.82. The van der Waals surface area contributed by atoms with Crippen LogP contribution >= 0.6 is 11.8 Å². The standard InChI is InChI=1S/C11H19NO4S/c1-8(9-2-4-16-5-3-9)12-10(13)6-17-7-11(14)15/h8-9H,2-7H2,1H3,(H,12,13)(H,14,15). The molecule has 1 unspecified atom stereocenters. The van der Waals surface area contributed by atoms with E-state index in [1.54, 1.807) is 0 Å². The van der Waals surface area contributed by atoms with Crippen molar-refractivity contribution in [2.75, 3.05) is 24.7 Å². The summed E-state index contributed by atoms with van der Waals surface area (Å²) in [7, 11) is 0. The van der Waals surface area contributed by atoms with E-state index >= 15 is 0 Å². The van der Waals surface area contributed by atoms with E-state index in [9.17, 15) is 9.59 Å². The van der Waals surface area contributed by atoms with Gasteiger partial charge in [0.2, 0.25) is 5.91 Å². The van der Waals surface area contributed by atoms with Crippen molar-refractivity contribution in [1.82, 2.24) is 5.32 Å². The molecule has 5 nitrogen and oxygen atoms in total. The van der Waals surface area contributed by atoms with E-state index in [4.69, 9.17) is 9.84 Å². The van der Waals surface area contributed by atoms with Gasteiger partial charge in [0.25, 0.3) is 0 Å². The van der Waals surface area contributed by atoms with Crippen molar-refractivity contribution in [3.8, 4) is 0 Å². The van der Waals surface area contributed by atoms with E-state index in [1.807, 2.05) is 6.92 Å². The maximum absolute atomic E-state index is 11.5. The Labute approximate surface area is 105 Å². The number of ether oxygens (including phenoxy) is 1. The number of thioether (sulfide) groups is 1. The van der Waals surface area contributed by atoms with Crippen molar-refractivity contribution in [3.63, 3.8) is 0 Å². The number of rotatable bonds is 6. The van der Waals surface area contributed by atoms with Crippen LogP contribution in [-0.4, -0.2) is 47.7 Å². The molecule has 17 heavy (non-hydrogen) atoms. The molecule has 0 aromatic rings. The molecule has 6 heteroatoms. The summed E-state index contributed by atoms with van der Waals surface area (Å²) >= 11 is 1.12. The first-order valence-corrected chi connectivity index (χ1v) is 6.91. The topological polar surface area (TPSA) is 75.6 Å². The second-order valence-corrected chi connectivity index (χ2v) is 5.18. The molecule has 0 saturated carbocycles. The lowest BCUT2D eigenvalue weighted by Crippen LogP contribution is -2.41. The van der Waals surface area contributed by atoms with Gasteiger partial charge in [-0.05, 0) is 25.7 Å². The molecular weight excluding hydrogens is 242 g/mol. The van der Waals surface area contributed by atoms with Crippen molar-refractivity contribution in [2.45, 2.75) is 25.8 Å². The highest BCUT2D eigenvalue weighted by Crippen LogP contribution is 2.18. The Morgan fingerprint density at radius 3 is 2.65 bits per heavy atom. The van der Waals surface area contributed by atoms with E-state index in [-0.39, 0.29) is 23.5 Å². The number of carboxylic acids is 1. The molecule has 0 radical (unpaired) electrons. The summed E-state index contributed by atoms with van der Waals surface area (Å²) in [5.41, 5.74) is 0. The van der Waals surface area contributed by atoms with Crippen LogP contribution in [0.15, 0.2) is 0 Å². The van der Waals surface area contributed by atoms with Crippen LogP contribution in [0.25, 0.3) is 0 Å². The quantitative estimate of drug-likeness (QED) is 0.737. The summed E-state index contributed by atoms with van der Waals surface area (Å²) in [5.74, 6) is -0.327. The van der Waals surface area contributed by atoms with Crippen molar-refractivity contribution in [1.29, 1.82) is 0 Å². The molecular formula is C11H19NO4S. The number of carbonyl (C=O) groups is 2. The third kappa shape index (κ3) is 5.93. The fourth-order valence-corrected chi connectivity index (χ4v) is 2.41. The van der Waals surface area contributed by atoms with Crippen molar-refractivity contribution >= 4 is 23.6 Å². The van der Waals surface area contributed by atoms with Gasteiger partial charge in [-0.25, -0.2) is 0 Å². The number of aliphatic carboxylic acids is 1. The van der Waals surface area contributed by atoms with Crippen LogP contribution in [-0.2, 0) is 14.3 Å². The fourth-order valence-electron chi connectivity index (χ4n) is 1.86. The maximum atomic E-state index is 11.5. The highest BCUT2D eigenvalue weighted by molar-refractivity contribution is 8.00. The van der Waals surface area contributed by atoms with Gasteiger partial charge in [0, 0.05) is 19.3 Å². The van der Waals surface area contributed by atoms with Crippen molar-refractivity contribution in [3.05, 3.63) is 0 Å². The highest BCUT2D eigenvalue weighted by Gasteiger charge is 2.21. The van der Waals surface area contributed by atoms with E-state index in [2.05, 4.69) is 5.32 Å². The molecule has 0 aliphatic carbocycles. The molecule has 2 N–H and O–H groups in total. The Hall–Kier alpha value is -0.750. The fraction of sp³-hybridized carbons (Fsp3) is 0.818. The van der Waals surface area contributed by atoms with E-state index < -0.39 is 5.97 Å². The maximum Gasteiger partial charge on any atom is 0.313 e. The summed E-state index contributed by atoms with van der Waals surface area (Å²) in [4.78, 5) is 21.8. The largest absolute Gasteiger partial charge is 0.481 e. The Bertz CT molecular complexity index is 266. The minimum Gasteiger partial charge on any atom is -0.481 e. The van der Waals surface area contributed by atoms with Crippen LogP contribution in [0, 0.1) is 5.92 Å². The lowest BCUT2D eigenvalue weighted by molar-refractivity contribution is -0.133. The molecule has 1 rings (SSSR count). The van der Waals surface area contributed by atoms with E-state index in [0.717, 1.165) is 37.8 Å². The predicted molar refractivity (Wildman–Crippen MR) is 66.1 cm³/mol. The lowest BCUT2D eigenvalue weighted by atomic mass is 9.93. The van der Waals surface area contributed by atoms with Crippen LogP contribution < -0.4 is 5.32 Å². The number of carbonyl (C=O) groups excluding carboxylic acids is 1. The minimum atomic E-state index is -0.889. The van der Waals surface area contributed by atoms with Gasteiger partial charge in [-0.15, -0.1) is 11.8 Å². The van der Waals surface area contributed by atoms with Crippen LogP contribution in [0.2, 0.25) is 0 Å². The molecule has 1 saturated heterocycles. The Kier molecular flexibility index (Phi) is 6.36. The molecule has 1 atom stereocenters. The summed E-state index contributed by atoms with van der Waals surface area (Å²) in [6.45, 7) is 3.52. The van der Waals surface area contributed by atoms with Gasteiger partial charge in [-0.3, -0.25) is 9.59 Å². The van der Waals surface area contributed by atoms with Gasteiger partial charge >= 0.3 is 5.97 Å². The number of nitrogens with one attached hydrogen (secondary N) is 1. The van der Waals surface area contributed by atoms with Gasteiger partial charge in [0.05, 0.1) is 11.5 Å². The first kappa shape index (κ1) is 14.3. The molecule has 1 aliphatic heterocycles. The van der Waals surface area contributed by atoms with Crippen molar-refractivity contribution < 1.29 is 19.4 Å². The number of amides is 1. The van der Waals surface area contributed by atoms with Crippen LogP contribution in [0.1, 0.15) is 19.8 Å². The molecule has 0 bridgehead atoms. The monoisotopic (exact) mass is 261 g/mol. The molecule has 0 spiro atoms. The first-order valence-electron chi connectivity index (χ1n) is 5.76. The number of hydrogen-bond donors (Lipinski definition) is 2. The van der Waals surface area contributed by atoms with Crippen LogP contribution in [0.3, 0.4) is 0 Å². The minimum absolute atomic E-state index is 0.0287.